The van der Waals surface area contributed by atoms with E-state index < -0.39 is 0 Å². The van der Waals surface area contributed by atoms with Gasteiger partial charge in [-0.3, -0.25) is 0 Å². The molecule has 0 spiro atoms. The first-order chi connectivity index (χ1) is 10.6. The maximum atomic E-state index is 11.4. The number of unbranched alkanes of at least 4 members (excludes halogenated alkanes) is 5. The minimum Gasteiger partial charge on any atom is -0.462 e. The van der Waals surface area contributed by atoms with Gasteiger partial charge in [-0.1, -0.05) is 52.0 Å². The standard InChI is InChI=1S/C18H34O4/c1-6-7-8-9-10-11-12-16(18(20-4)21-5)13-14-22-17(19)15(2)3/h16,18H,2,6-14H2,1,3-5H3. The van der Waals surface area contributed by atoms with Crippen molar-refractivity contribution in [2.45, 2.75) is 71.5 Å². The van der Waals surface area contributed by atoms with Gasteiger partial charge >= 0.3 is 5.97 Å². The first-order valence-electron chi connectivity index (χ1n) is 8.45. The van der Waals surface area contributed by atoms with Crippen LogP contribution in [-0.2, 0) is 19.0 Å². The summed E-state index contributed by atoms with van der Waals surface area (Å²) in [5.74, 6) is -0.0798. The van der Waals surface area contributed by atoms with Crippen LogP contribution in [0.5, 0.6) is 0 Å². The van der Waals surface area contributed by atoms with Gasteiger partial charge in [-0.2, -0.15) is 0 Å². The summed E-state index contributed by atoms with van der Waals surface area (Å²) in [6.07, 6.45) is 9.13. The first kappa shape index (κ1) is 21.1. The molecule has 4 nitrogen and oxygen atoms in total. The van der Waals surface area contributed by atoms with E-state index in [1.54, 1.807) is 21.1 Å². The van der Waals surface area contributed by atoms with Crippen molar-refractivity contribution in [3.05, 3.63) is 12.2 Å². The maximum absolute atomic E-state index is 11.4. The largest absolute Gasteiger partial charge is 0.462 e. The number of esters is 1. The maximum Gasteiger partial charge on any atom is 0.333 e. The third-order valence-corrected chi connectivity index (χ3v) is 3.85. The summed E-state index contributed by atoms with van der Waals surface area (Å²) < 4.78 is 15.9. The molecule has 0 aromatic carbocycles. The van der Waals surface area contributed by atoms with E-state index >= 15 is 0 Å². The molecule has 0 amide bonds. The Kier molecular flexibility index (Phi) is 13.2. The summed E-state index contributed by atoms with van der Waals surface area (Å²) in [4.78, 5) is 11.4. The highest BCUT2D eigenvalue weighted by molar-refractivity contribution is 5.86. The summed E-state index contributed by atoms with van der Waals surface area (Å²) in [5, 5.41) is 0. The van der Waals surface area contributed by atoms with Crippen LogP contribution in [0.1, 0.15) is 65.2 Å². The van der Waals surface area contributed by atoms with Crippen molar-refractivity contribution in [2.24, 2.45) is 5.92 Å². The molecule has 1 atom stereocenters. The molecule has 0 saturated heterocycles. The fourth-order valence-electron chi connectivity index (χ4n) is 2.51. The van der Waals surface area contributed by atoms with Crippen molar-refractivity contribution in [3.63, 3.8) is 0 Å². The van der Waals surface area contributed by atoms with Gasteiger partial charge in [0, 0.05) is 25.7 Å². The van der Waals surface area contributed by atoms with E-state index in [0.29, 0.717) is 12.2 Å². The molecule has 0 aromatic rings. The first-order valence-corrected chi connectivity index (χ1v) is 8.45. The Bertz CT molecular complexity index is 297. The SMILES string of the molecule is C=C(C)C(=O)OCCC(CCCCCCCC)C(OC)OC. The molecule has 0 N–H and O–H groups in total. The molecule has 0 aliphatic heterocycles. The van der Waals surface area contributed by atoms with Gasteiger partial charge in [0.25, 0.3) is 0 Å². The molecule has 130 valence electrons. The van der Waals surface area contributed by atoms with Gasteiger partial charge in [-0.25, -0.2) is 4.79 Å². The van der Waals surface area contributed by atoms with Crippen molar-refractivity contribution in [3.8, 4) is 0 Å². The van der Waals surface area contributed by atoms with Gasteiger partial charge in [0.15, 0.2) is 6.29 Å². The molecule has 0 bridgehead atoms. The Labute approximate surface area is 136 Å². The summed E-state index contributed by atoms with van der Waals surface area (Å²) >= 11 is 0. The lowest BCUT2D eigenvalue weighted by atomic mass is 9.96. The van der Waals surface area contributed by atoms with E-state index in [1.807, 2.05) is 0 Å². The summed E-state index contributed by atoms with van der Waals surface area (Å²) in [7, 11) is 3.31. The average molecular weight is 314 g/mol. The lowest BCUT2D eigenvalue weighted by Gasteiger charge is -2.24. The Balaban J connectivity index is 4.10. The predicted octanol–water partition coefficient (Wildman–Crippen LogP) is 4.48. The van der Waals surface area contributed by atoms with E-state index in [9.17, 15) is 4.79 Å². The zero-order valence-electron chi connectivity index (χ0n) is 14.9. The van der Waals surface area contributed by atoms with E-state index in [-0.39, 0.29) is 18.2 Å². The fourth-order valence-corrected chi connectivity index (χ4v) is 2.51. The predicted molar refractivity (Wildman–Crippen MR) is 89.7 cm³/mol. The van der Waals surface area contributed by atoms with E-state index in [1.165, 1.54) is 32.1 Å². The van der Waals surface area contributed by atoms with Gasteiger partial charge in [-0.15, -0.1) is 0 Å². The average Bonchev–Trinajstić information content (AvgIpc) is 2.50. The Morgan fingerprint density at radius 2 is 1.59 bits per heavy atom. The normalized spacial score (nSPS) is 12.4. The number of methoxy groups -OCH3 is 2. The van der Waals surface area contributed by atoms with Crippen LogP contribution < -0.4 is 0 Å². The molecule has 4 heteroatoms. The molecule has 0 aliphatic rings. The minimum absolute atomic E-state index is 0.237. The monoisotopic (exact) mass is 314 g/mol. The lowest BCUT2D eigenvalue weighted by Crippen LogP contribution is -2.26. The van der Waals surface area contributed by atoms with Crippen LogP contribution in [0.2, 0.25) is 0 Å². The molecule has 0 saturated carbocycles. The highest BCUT2D eigenvalue weighted by Gasteiger charge is 2.21. The highest BCUT2D eigenvalue weighted by atomic mass is 16.7. The topological polar surface area (TPSA) is 44.8 Å². The van der Waals surface area contributed by atoms with Crippen LogP contribution in [0.4, 0.5) is 0 Å². The van der Waals surface area contributed by atoms with Gasteiger partial charge in [0.05, 0.1) is 6.61 Å². The molecule has 0 rings (SSSR count). The molecule has 0 aliphatic carbocycles. The van der Waals surface area contributed by atoms with Crippen LogP contribution in [0.15, 0.2) is 12.2 Å². The quantitative estimate of drug-likeness (QED) is 0.205. The van der Waals surface area contributed by atoms with Crippen LogP contribution in [0.3, 0.4) is 0 Å². The zero-order chi connectivity index (χ0) is 16.8. The second-order valence-electron chi connectivity index (χ2n) is 5.86. The van der Waals surface area contributed by atoms with Crippen molar-refractivity contribution in [1.82, 2.24) is 0 Å². The Hall–Kier alpha value is -0.870. The van der Waals surface area contributed by atoms with Gasteiger partial charge in [0.1, 0.15) is 0 Å². The Morgan fingerprint density at radius 3 is 2.14 bits per heavy atom. The third kappa shape index (κ3) is 9.96. The lowest BCUT2D eigenvalue weighted by molar-refractivity contribution is -0.150. The zero-order valence-corrected chi connectivity index (χ0v) is 14.9. The molecule has 0 heterocycles. The molecule has 0 aromatic heterocycles. The fraction of sp³-hybridized carbons (Fsp3) is 0.833. The third-order valence-electron chi connectivity index (χ3n) is 3.85. The summed E-state index contributed by atoms with van der Waals surface area (Å²) in [6.45, 7) is 7.85. The van der Waals surface area contributed by atoms with E-state index in [2.05, 4.69) is 13.5 Å². The van der Waals surface area contributed by atoms with Gasteiger partial charge in [-0.05, 0) is 19.8 Å². The minimum atomic E-state index is -0.329. The van der Waals surface area contributed by atoms with Crippen LogP contribution in [-0.4, -0.2) is 33.1 Å². The molecule has 0 fully saturated rings. The number of rotatable bonds is 14. The van der Waals surface area contributed by atoms with Crippen molar-refractivity contribution >= 4 is 5.97 Å². The van der Waals surface area contributed by atoms with Gasteiger partial charge in [0.2, 0.25) is 0 Å². The number of carbonyl (C=O) groups is 1. The van der Waals surface area contributed by atoms with Crippen molar-refractivity contribution < 1.29 is 19.0 Å². The molecular weight excluding hydrogens is 280 g/mol. The smallest absolute Gasteiger partial charge is 0.333 e. The van der Waals surface area contributed by atoms with E-state index in [0.717, 1.165) is 19.3 Å². The van der Waals surface area contributed by atoms with Crippen LogP contribution in [0, 0.1) is 5.92 Å². The number of carbonyl (C=O) groups excluding carboxylic acids is 1. The second-order valence-corrected chi connectivity index (χ2v) is 5.86. The molecule has 1 unspecified atom stereocenters. The van der Waals surface area contributed by atoms with E-state index in [4.69, 9.17) is 14.2 Å². The summed E-state index contributed by atoms with van der Waals surface area (Å²) in [6, 6.07) is 0. The summed E-state index contributed by atoms with van der Waals surface area (Å²) in [5.41, 5.74) is 0.433. The molecular formula is C18H34O4. The number of hydrogen-bond donors (Lipinski definition) is 0. The van der Waals surface area contributed by atoms with Crippen molar-refractivity contribution in [1.29, 1.82) is 0 Å². The second kappa shape index (κ2) is 13.8. The molecule has 22 heavy (non-hydrogen) atoms. The van der Waals surface area contributed by atoms with Crippen LogP contribution in [0.25, 0.3) is 0 Å². The molecule has 0 radical (unpaired) electrons. The van der Waals surface area contributed by atoms with Crippen LogP contribution >= 0.6 is 0 Å². The number of hydrogen-bond acceptors (Lipinski definition) is 4. The van der Waals surface area contributed by atoms with Crippen molar-refractivity contribution in [2.75, 3.05) is 20.8 Å². The number of ether oxygens (including phenoxy) is 3. The van der Waals surface area contributed by atoms with Gasteiger partial charge < -0.3 is 14.2 Å². The Morgan fingerprint density at radius 1 is 1.00 bits per heavy atom. The highest BCUT2D eigenvalue weighted by Crippen LogP contribution is 2.21.